The summed E-state index contributed by atoms with van der Waals surface area (Å²) < 4.78 is 37.8. The molecule has 1 aromatic rings. The van der Waals surface area contributed by atoms with E-state index in [2.05, 4.69) is 4.98 Å². The molecule has 0 aromatic carbocycles. The van der Waals surface area contributed by atoms with Gasteiger partial charge < -0.3 is 4.90 Å². The van der Waals surface area contributed by atoms with Gasteiger partial charge in [-0.25, -0.2) is 4.98 Å². The highest BCUT2D eigenvalue weighted by Gasteiger charge is 2.32. The van der Waals surface area contributed by atoms with Crippen molar-refractivity contribution >= 4 is 22.8 Å². The second-order valence-corrected chi connectivity index (χ2v) is 5.72. The summed E-state index contributed by atoms with van der Waals surface area (Å²) in [6.45, 7) is 4.92. The number of carbonyl (C=O) groups is 1. The minimum absolute atomic E-state index is 0.0644. The molecule has 0 aliphatic carbocycles. The lowest BCUT2D eigenvalue weighted by Gasteiger charge is -2.22. The van der Waals surface area contributed by atoms with Crippen molar-refractivity contribution in [1.82, 2.24) is 4.98 Å². The first-order valence-corrected chi connectivity index (χ1v) is 7.41. The minimum Gasteiger partial charge on any atom is -0.339 e. The molecule has 1 atom stereocenters. The van der Waals surface area contributed by atoms with Gasteiger partial charge >= 0.3 is 6.18 Å². The highest BCUT2D eigenvalue weighted by molar-refractivity contribution is 7.17. The van der Waals surface area contributed by atoms with Gasteiger partial charge in [0.25, 0.3) is 0 Å². The first-order chi connectivity index (χ1) is 9.32. The van der Waals surface area contributed by atoms with E-state index in [9.17, 15) is 18.0 Å². The molecule has 0 saturated heterocycles. The van der Waals surface area contributed by atoms with E-state index in [-0.39, 0.29) is 17.6 Å². The van der Waals surface area contributed by atoms with E-state index in [1.54, 1.807) is 0 Å². The Bertz CT molecular complexity index is 445. The Morgan fingerprint density at radius 1 is 1.40 bits per heavy atom. The van der Waals surface area contributed by atoms with Crippen LogP contribution >= 0.6 is 11.3 Å². The number of nitrogens with zero attached hydrogens (tertiary/aromatic N) is 2. The van der Waals surface area contributed by atoms with Gasteiger partial charge in [0.05, 0.1) is 10.6 Å². The molecule has 0 fully saturated rings. The lowest BCUT2D eigenvalue weighted by atomic mass is 10.0. The fourth-order valence-electron chi connectivity index (χ4n) is 1.83. The second-order valence-electron chi connectivity index (χ2n) is 4.71. The van der Waals surface area contributed by atoms with Crippen LogP contribution in [0.25, 0.3) is 0 Å². The number of alkyl halides is 3. The summed E-state index contributed by atoms with van der Waals surface area (Å²) in [6.07, 6.45) is -2.22. The van der Waals surface area contributed by atoms with E-state index in [0.29, 0.717) is 23.3 Å². The van der Waals surface area contributed by atoms with Gasteiger partial charge in [0.2, 0.25) is 0 Å². The highest BCUT2D eigenvalue weighted by Crippen LogP contribution is 2.32. The number of thiazole rings is 1. The van der Waals surface area contributed by atoms with Gasteiger partial charge in [-0.1, -0.05) is 32.1 Å². The number of aromatic nitrogens is 1. The fraction of sp³-hybridized carbons (Fsp3) is 0.692. The maximum Gasteiger partial charge on any atom is 0.406 e. The third kappa shape index (κ3) is 4.47. The molecular weight excluding hydrogens is 289 g/mol. The lowest BCUT2D eigenvalue weighted by Crippen LogP contribution is -2.34. The van der Waals surface area contributed by atoms with E-state index in [1.807, 2.05) is 20.8 Å². The molecule has 1 rings (SSSR count). The predicted molar refractivity (Wildman–Crippen MR) is 74.8 cm³/mol. The average Bonchev–Trinajstić information content (AvgIpc) is 2.79. The average molecular weight is 308 g/mol. The summed E-state index contributed by atoms with van der Waals surface area (Å²) in [4.78, 5) is 17.0. The molecule has 0 aliphatic rings. The molecule has 0 spiro atoms. The summed E-state index contributed by atoms with van der Waals surface area (Å²) in [6, 6.07) is 0. The Morgan fingerprint density at radius 2 is 2.05 bits per heavy atom. The topological polar surface area (TPSA) is 33.2 Å². The van der Waals surface area contributed by atoms with Crippen molar-refractivity contribution in [3.63, 3.8) is 0 Å². The number of halogens is 3. The smallest absolute Gasteiger partial charge is 0.339 e. The zero-order valence-electron chi connectivity index (χ0n) is 11.8. The van der Waals surface area contributed by atoms with E-state index in [4.69, 9.17) is 0 Å². The molecule has 0 aliphatic heterocycles. The van der Waals surface area contributed by atoms with Crippen LogP contribution in [0.4, 0.5) is 18.3 Å². The normalized spacial score (nSPS) is 13.3. The van der Waals surface area contributed by atoms with Crippen LogP contribution in [0.2, 0.25) is 0 Å². The molecule has 0 radical (unpaired) electrons. The highest BCUT2D eigenvalue weighted by atomic mass is 32.1. The maximum atomic E-state index is 12.6. The van der Waals surface area contributed by atoms with Crippen molar-refractivity contribution in [1.29, 1.82) is 0 Å². The molecule has 3 nitrogen and oxygen atoms in total. The summed E-state index contributed by atoms with van der Waals surface area (Å²) in [7, 11) is 0. The molecule has 114 valence electrons. The van der Waals surface area contributed by atoms with Crippen LogP contribution in [-0.2, 0) is 0 Å². The summed E-state index contributed by atoms with van der Waals surface area (Å²) in [5.41, 5.74) is 0.603. The van der Waals surface area contributed by atoms with E-state index < -0.39 is 12.7 Å². The quantitative estimate of drug-likeness (QED) is 0.706. The molecule has 1 heterocycles. The van der Waals surface area contributed by atoms with Crippen LogP contribution in [0.15, 0.2) is 0 Å². The Balaban J connectivity index is 3.08. The number of hydrogen-bond donors (Lipinski definition) is 0. The molecular formula is C13H19F3N2OS. The van der Waals surface area contributed by atoms with Crippen molar-refractivity contribution in [3.8, 4) is 0 Å². The first-order valence-electron chi connectivity index (χ1n) is 6.59. The first kappa shape index (κ1) is 16.9. The SMILES string of the molecule is CCCN(CC(F)(F)F)c1nc(C(C)CC)c(C=O)s1. The lowest BCUT2D eigenvalue weighted by molar-refractivity contribution is -0.119. The molecule has 1 unspecified atom stereocenters. The Hall–Kier alpha value is -1.11. The summed E-state index contributed by atoms with van der Waals surface area (Å²) >= 11 is 1.04. The van der Waals surface area contributed by atoms with Crippen LogP contribution in [0.5, 0.6) is 0 Å². The molecule has 0 amide bonds. The molecule has 0 bridgehead atoms. The molecule has 1 aromatic heterocycles. The number of anilines is 1. The number of aldehydes is 1. The van der Waals surface area contributed by atoms with Gasteiger partial charge in [-0.05, 0) is 18.8 Å². The third-order valence-electron chi connectivity index (χ3n) is 2.99. The summed E-state index contributed by atoms with van der Waals surface area (Å²) in [5.74, 6) is 0.0644. The van der Waals surface area contributed by atoms with Crippen molar-refractivity contribution in [2.24, 2.45) is 0 Å². The second kappa shape index (κ2) is 7.06. The van der Waals surface area contributed by atoms with Crippen molar-refractivity contribution < 1.29 is 18.0 Å². The predicted octanol–water partition coefficient (Wildman–Crippen LogP) is 4.25. The maximum absolute atomic E-state index is 12.6. The minimum atomic E-state index is -4.28. The Morgan fingerprint density at radius 3 is 2.50 bits per heavy atom. The largest absolute Gasteiger partial charge is 0.406 e. The van der Waals surface area contributed by atoms with Crippen LogP contribution in [0.3, 0.4) is 0 Å². The third-order valence-corrected chi connectivity index (χ3v) is 4.05. The molecule has 0 N–H and O–H groups in total. The van der Waals surface area contributed by atoms with Gasteiger partial charge in [0, 0.05) is 6.54 Å². The molecule has 0 saturated carbocycles. The Kier molecular flexibility index (Phi) is 5.98. The van der Waals surface area contributed by atoms with Crippen LogP contribution in [0.1, 0.15) is 54.9 Å². The van der Waals surface area contributed by atoms with Gasteiger partial charge in [-0.3, -0.25) is 4.79 Å². The van der Waals surface area contributed by atoms with E-state index >= 15 is 0 Å². The van der Waals surface area contributed by atoms with Crippen LogP contribution in [-0.4, -0.2) is 30.5 Å². The zero-order valence-corrected chi connectivity index (χ0v) is 12.6. The van der Waals surface area contributed by atoms with Crippen LogP contribution in [0, 0.1) is 0 Å². The van der Waals surface area contributed by atoms with Crippen molar-refractivity contribution in [3.05, 3.63) is 10.6 Å². The summed E-state index contributed by atoms with van der Waals surface area (Å²) in [5, 5.41) is 0.279. The monoisotopic (exact) mass is 308 g/mol. The van der Waals surface area contributed by atoms with Crippen molar-refractivity contribution in [2.75, 3.05) is 18.0 Å². The zero-order chi connectivity index (χ0) is 15.3. The standard InChI is InChI=1S/C13H19F3N2OS/c1-4-6-18(8-13(14,15)16)12-17-11(9(3)5-2)10(7-19)20-12/h7,9H,4-6,8H2,1-3H3. The van der Waals surface area contributed by atoms with Gasteiger partial charge in [0.1, 0.15) is 6.54 Å². The van der Waals surface area contributed by atoms with Crippen LogP contribution < -0.4 is 4.90 Å². The van der Waals surface area contributed by atoms with Gasteiger partial charge in [0.15, 0.2) is 11.4 Å². The van der Waals surface area contributed by atoms with E-state index in [0.717, 1.165) is 17.8 Å². The Labute approximate surface area is 120 Å². The fourth-order valence-corrected chi connectivity index (χ4v) is 2.85. The molecule has 20 heavy (non-hydrogen) atoms. The number of rotatable bonds is 7. The molecule has 7 heteroatoms. The number of hydrogen-bond acceptors (Lipinski definition) is 4. The van der Waals surface area contributed by atoms with Gasteiger partial charge in [-0.2, -0.15) is 13.2 Å². The van der Waals surface area contributed by atoms with Gasteiger partial charge in [-0.15, -0.1) is 0 Å². The van der Waals surface area contributed by atoms with Crippen molar-refractivity contribution in [2.45, 2.75) is 45.7 Å². The van der Waals surface area contributed by atoms with E-state index in [1.165, 1.54) is 4.90 Å². The number of carbonyl (C=O) groups excluding carboxylic acids is 1.